The molecule has 13 heteroatoms. The van der Waals surface area contributed by atoms with Crippen LogP contribution in [-0.2, 0) is 30.6 Å². The van der Waals surface area contributed by atoms with Crippen LogP contribution < -0.4 is 5.32 Å². The molecule has 0 bridgehead atoms. The number of nitrogens with zero attached hydrogens (tertiary/aromatic N) is 3. The lowest BCUT2D eigenvalue weighted by molar-refractivity contribution is -0.192. The number of hydrogen-bond donors (Lipinski definition) is 3. The van der Waals surface area contributed by atoms with Crippen LogP contribution in [0, 0.1) is 0 Å². The number of aliphatic carboxylic acids is 1. The highest BCUT2D eigenvalue weighted by Crippen LogP contribution is 2.34. The Morgan fingerprint density at radius 1 is 1.11 bits per heavy atom. The highest BCUT2D eigenvalue weighted by Gasteiger charge is 2.38. The summed E-state index contributed by atoms with van der Waals surface area (Å²) in [6.07, 6.45) is 1.53. The van der Waals surface area contributed by atoms with Gasteiger partial charge in [0.05, 0.1) is 5.69 Å². The number of aromatic nitrogens is 3. The zero-order chi connectivity index (χ0) is 27.2. The van der Waals surface area contributed by atoms with Crippen molar-refractivity contribution in [1.29, 1.82) is 0 Å². The molecule has 0 amide bonds. The minimum atomic E-state index is -5.08. The van der Waals surface area contributed by atoms with Crippen LogP contribution in [0.15, 0.2) is 36.7 Å². The Morgan fingerprint density at radius 2 is 1.84 bits per heavy atom. The fourth-order valence-corrected chi connectivity index (χ4v) is 4.40. The molecule has 0 radical (unpaired) electrons. The fourth-order valence-electron chi connectivity index (χ4n) is 3.90. The SMILES string of the molecule is O=C(O)C(F)(F)F.O=C(O)c1c2c(nn1CCCNCCc1ccc(Cl)cc1Cl)-c1ccncc1CC2. The molecule has 0 saturated heterocycles. The molecule has 37 heavy (non-hydrogen) atoms. The summed E-state index contributed by atoms with van der Waals surface area (Å²) in [5.74, 6) is -3.68. The summed E-state index contributed by atoms with van der Waals surface area (Å²) in [6, 6.07) is 7.44. The first-order valence-electron chi connectivity index (χ1n) is 11.2. The van der Waals surface area contributed by atoms with E-state index in [2.05, 4.69) is 15.4 Å². The molecule has 0 aliphatic heterocycles. The maximum atomic E-state index is 11.9. The van der Waals surface area contributed by atoms with Crippen molar-refractivity contribution >= 4 is 35.1 Å². The molecule has 0 spiro atoms. The van der Waals surface area contributed by atoms with Gasteiger partial charge in [0.2, 0.25) is 0 Å². The van der Waals surface area contributed by atoms with E-state index < -0.39 is 18.1 Å². The average Bonchev–Trinajstić information content (AvgIpc) is 3.21. The van der Waals surface area contributed by atoms with Crippen molar-refractivity contribution in [2.24, 2.45) is 0 Å². The Hall–Kier alpha value is -3.15. The number of nitrogens with one attached hydrogen (secondary N) is 1. The molecule has 0 atom stereocenters. The largest absolute Gasteiger partial charge is 0.490 e. The molecule has 0 fully saturated rings. The summed E-state index contributed by atoms with van der Waals surface area (Å²) in [4.78, 5) is 25.0. The Morgan fingerprint density at radius 3 is 2.49 bits per heavy atom. The van der Waals surface area contributed by atoms with E-state index in [0.717, 1.165) is 60.3 Å². The van der Waals surface area contributed by atoms with Crippen molar-refractivity contribution in [3.8, 4) is 11.3 Å². The van der Waals surface area contributed by atoms with Crippen LogP contribution in [-0.4, -0.2) is 56.2 Å². The third-order valence-corrected chi connectivity index (χ3v) is 6.20. The second kappa shape index (κ2) is 12.4. The van der Waals surface area contributed by atoms with E-state index in [-0.39, 0.29) is 0 Å². The van der Waals surface area contributed by atoms with E-state index in [1.165, 1.54) is 0 Å². The zero-order valence-electron chi connectivity index (χ0n) is 19.4. The highest BCUT2D eigenvalue weighted by molar-refractivity contribution is 6.35. The molecule has 2 aromatic heterocycles. The lowest BCUT2D eigenvalue weighted by Crippen LogP contribution is -2.21. The first kappa shape index (κ1) is 28.4. The van der Waals surface area contributed by atoms with Gasteiger partial charge in [0, 0.05) is 40.1 Å². The van der Waals surface area contributed by atoms with Crippen LogP contribution in [0.3, 0.4) is 0 Å². The number of fused-ring (bicyclic) bond motifs is 3. The number of pyridine rings is 1. The molecule has 4 rings (SSSR count). The first-order chi connectivity index (χ1) is 17.5. The van der Waals surface area contributed by atoms with Gasteiger partial charge < -0.3 is 15.5 Å². The standard InChI is InChI=1S/C22H22Cl2N4O2.C2HF3O2/c23-16-4-2-14(19(24)12-16)6-9-25-8-1-11-28-21(22(29)30)18-5-3-15-13-26-10-7-17(15)20(18)27-28;3-2(4,5)1(6)7/h2,4,7,10,12-13,25H,1,3,5-6,8-9,11H2,(H,29,30);(H,6,7). The van der Waals surface area contributed by atoms with Gasteiger partial charge in [-0.15, -0.1) is 0 Å². The number of benzene rings is 1. The molecule has 1 aliphatic carbocycles. The van der Waals surface area contributed by atoms with Crippen molar-refractivity contribution in [3.63, 3.8) is 0 Å². The monoisotopic (exact) mass is 558 g/mol. The molecule has 3 aromatic rings. The van der Waals surface area contributed by atoms with Crippen LogP contribution in [0.1, 0.15) is 33.6 Å². The number of hydrogen-bond acceptors (Lipinski definition) is 5. The topological polar surface area (TPSA) is 117 Å². The second-order valence-corrected chi connectivity index (χ2v) is 8.97. The number of carboxylic acids is 2. The molecule has 3 N–H and O–H groups in total. The van der Waals surface area contributed by atoms with Crippen LogP contribution in [0.25, 0.3) is 11.3 Å². The van der Waals surface area contributed by atoms with Crippen LogP contribution >= 0.6 is 23.2 Å². The van der Waals surface area contributed by atoms with Gasteiger partial charge >= 0.3 is 18.1 Å². The van der Waals surface area contributed by atoms with Crippen LogP contribution in [0.5, 0.6) is 0 Å². The zero-order valence-corrected chi connectivity index (χ0v) is 20.9. The van der Waals surface area contributed by atoms with E-state index in [4.69, 9.17) is 33.1 Å². The summed E-state index contributed by atoms with van der Waals surface area (Å²) in [5.41, 5.74) is 5.07. The lowest BCUT2D eigenvalue weighted by Gasteiger charge is -2.14. The van der Waals surface area contributed by atoms with Crippen molar-refractivity contribution in [3.05, 3.63) is 69.1 Å². The molecular weight excluding hydrogens is 536 g/mol. The molecular formula is C24H23Cl2F3N4O4. The van der Waals surface area contributed by atoms with E-state index in [0.29, 0.717) is 28.7 Å². The van der Waals surface area contributed by atoms with Gasteiger partial charge in [-0.1, -0.05) is 29.3 Å². The number of alkyl halides is 3. The van der Waals surface area contributed by atoms with Gasteiger partial charge in [-0.2, -0.15) is 18.3 Å². The second-order valence-electron chi connectivity index (χ2n) is 8.13. The van der Waals surface area contributed by atoms with Crippen molar-refractivity contribution in [1.82, 2.24) is 20.1 Å². The molecule has 0 unspecified atom stereocenters. The Labute approximate surface area is 220 Å². The Bertz CT molecular complexity index is 1280. The van der Waals surface area contributed by atoms with Crippen LogP contribution in [0.2, 0.25) is 10.0 Å². The van der Waals surface area contributed by atoms with Gasteiger partial charge in [-0.25, -0.2) is 9.59 Å². The lowest BCUT2D eigenvalue weighted by atomic mass is 9.90. The fraction of sp³-hybridized carbons (Fsp3) is 0.333. The van der Waals surface area contributed by atoms with Crippen molar-refractivity contribution in [2.75, 3.05) is 13.1 Å². The van der Waals surface area contributed by atoms with Crippen molar-refractivity contribution < 1.29 is 33.0 Å². The third kappa shape index (κ3) is 7.43. The third-order valence-electron chi connectivity index (χ3n) is 5.61. The first-order valence-corrected chi connectivity index (χ1v) is 12.0. The van der Waals surface area contributed by atoms with E-state index in [1.54, 1.807) is 16.9 Å². The molecule has 1 aromatic carbocycles. The van der Waals surface area contributed by atoms with Crippen molar-refractivity contribution in [2.45, 2.75) is 38.4 Å². The maximum absolute atomic E-state index is 11.9. The van der Waals surface area contributed by atoms with Crippen LogP contribution in [0.4, 0.5) is 13.2 Å². The van der Waals surface area contributed by atoms with E-state index in [1.807, 2.05) is 24.4 Å². The summed E-state index contributed by atoms with van der Waals surface area (Å²) in [7, 11) is 0. The molecule has 1 aliphatic rings. The molecule has 198 valence electrons. The normalized spacial score (nSPS) is 12.2. The molecule has 8 nitrogen and oxygen atoms in total. The predicted molar refractivity (Wildman–Crippen MR) is 131 cm³/mol. The van der Waals surface area contributed by atoms with E-state index >= 15 is 0 Å². The van der Waals surface area contributed by atoms with Gasteiger partial charge in [0.15, 0.2) is 0 Å². The smallest absolute Gasteiger partial charge is 0.477 e. The van der Waals surface area contributed by atoms with Gasteiger partial charge in [0.1, 0.15) is 5.69 Å². The number of aromatic carboxylic acids is 1. The maximum Gasteiger partial charge on any atom is 0.490 e. The Kier molecular flexibility index (Phi) is 9.52. The Balaban J connectivity index is 0.000000479. The number of carbonyl (C=O) groups is 2. The number of halogens is 5. The number of aryl methyl sites for hydroxylation is 2. The summed E-state index contributed by atoms with van der Waals surface area (Å²) in [5, 5.41) is 26.2. The van der Waals surface area contributed by atoms with Gasteiger partial charge in [-0.05, 0) is 68.1 Å². The predicted octanol–water partition coefficient (Wildman–Crippen LogP) is 4.90. The summed E-state index contributed by atoms with van der Waals surface area (Å²) < 4.78 is 33.4. The minimum absolute atomic E-state index is 0.306. The van der Waals surface area contributed by atoms with E-state index in [9.17, 15) is 23.1 Å². The number of carboxylic acid groups (broad SMARTS) is 2. The summed E-state index contributed by atoms with van der Waals surface area (Å²) in [6.45, 7) is 2.09. The molecule has 0 saturated carbocycles. The highest BCUT2D eigenvalue weighted by atomic mass is 35.5. The summed E-state index contributed by atoms with van der Waals surface area (Å²) >= 11 is 12.1. The van der Waals surface area contributed by atoms with Gasteiger partial charge in [-0.3, -0.25) is 9.67 Å². The molecule has 2 heterocycles. The average molecular weight is 559 g/mol. The minimum Gasteiger partial charge on any atom is -0.477 e. The quantitative estimate of drug-likeness (QED) is 0.336. The number of rotatable bonds is 8. The van der Waals surface area contributed by atoms with Gasteiger partial charge in [0.25, 0.3) is 0 Å².